The van der Waals surface area contributed by atoms with E-state index in [9.17, 15) is 17.6 Å². The zero-order valence-corrected chi connectivity index (χ0v) is 12.5. The number of halogens is 2. The zero-order valence-electron chi connectivity index (χ0n) is 11.0. The predicted molar refractivity (Wildman–Crippen MR) is 73.8 cm³/mol. The van der Waals surface area contributed by atoms with Gasteiger partial charge >= 0.3 is 0 Å². The molecule has 0 unspecified atom stereocenters. The third-order valence-corrected chi connectivity index (χ3v) is 4.93. The molecular weight excluding hydrogens is 305 g/mol. The highest BCUT2D eigenvalue weighted by Crippen LogP contribution is 2.25. The van der Waals surface area contributed by atoms with Gasteiger partial charge in [-0.25, -0.2) is 12.8 Å². The van der Waals surface area contributed by atoms with Gasteiger partial charge in [-0.3, -0.25) is 4.79 Å². The molecule has 20 heavy (non-hydrogen) atoms. The molecule has 0 aliphatic heterocycles. The lowest BCUT2D eigenvalue weighted by Gasteiger charge is -2.24. The SMILES string of the molecule is CN(C(=O)c1cc(F)cc(S(=O)(=O)Cl)c1)C1CCCC1. The number of carbonyl (C=O) groups is 1. The van der Waals surface area contributed by atoms with E-state index < -0.39 is 25.7 Å². The number of rotatable bonds is 3. The molecule has 0 saturated heterocycles. The second-order valence-corrected chi connectivity index (χ2v) is 7.53. The van der Waals surface area contributed by atoms with Gasteiger partial charge in [0.1, 0.15) is 5.82 Å². The highest BCUT2D eigenvalue weighted by atomic mass is 35.7. The maximum Gasteiger partial charge on any atom is 0.261 e. The molecule has 1 aliphatic carbocycles. The van der Waals surface area contributed by atoms with Crippen LogP contribution in [0.25, 0.3) is 0 Å². The van der Waals surface area contributed by atoms with Gasteiger partial charge in [0.05, 0.1) is 4.90 Å². The second kappa shape index (κ2) is 5.69. The number of carbonyl (C=O) groups excluding carboxylic acids is 1. The van der Waals surface area contributed by atoms with Gasteiger partial charge in [-0.05, 0) is 31.0 Å². The fourth-order valence-electron chi connectivity index (χ4n) is 2.49. The molecular formula is C13H15ClFNO3S. The van der Waals surface area contributed by atoms with E-state index in [1.165, 1.54) is 0 Å². The van der Waals surface area contributed by atoms with Crippen molar-refractivity contribution in [3.8, 4) is 0 Å². The van der Waals surface area contributed by atoms with E-state index >= 15 is 0 Å². The molecule has 0 spiro atoms. The van der Waals surface area contributed by atoms with Crippen molar-refractivity contribution >= 4 is 25.6 Å². The van der Waals surface area contributed by atoms with Gasteiger partial charge in [0.15, 0.2) is 0 Å². The van der Waals surface area contributed by atoms with Crippen molar-refractivity contribution in [1.29, 1.82) is 0 Å². The first kappa shape index (κ1) is 15.3. The molecule has 0 bridgehead atoms. The molecule has 0 heterocycles. The predicted octanol–water partition coefficient (Wildman–Crippen LogP) is 2.77. The van der Waals surface area contributed by atoms with Gasteiger partial charge in [0.2, 0.25) is 0 Å². The smallest absolute Gasteiger partial charge is 0.261 e. The molecule has 2 rings (SSSR count). The first-order chi connectivity index (χ1) is 9.29. The summed E-state index contributed by atoms with van der Waals surface area (Å²) < 4.78 is 36.0. The van der Waals surface area contributed by atoms with Gasteiger partial charge in [-0.2, -0.15) is 0 Å². The first-order valence-electron chi connectivity index (χ1n) is 6.31. The van der Waals surface area contributed by atoms with E-state index in [4.69, 9.17) is 10.7 Å². The summed E-state index contributed by atoms with van der Waals surface area (Å²) in [4.78, 5) is 13.4. The van der Waals surface area contributed by atoms with Gasteiger partial charge in [-0.15, -0.1) is 0 Å². The summed E-state index contributed by atoms with van der Waals surface area (Å²) in [5.41, 5.74) is -0.00127. The summed E-state index contributed by atoms with van der Waals surface area (Å²) in [5.74, 6) is -1.19. The van der Waals surface area contributed by atoms with Crippen LogP contribution < -0.4 is 0 Å². The first-order valence-corrected chi connectivity index (χ1v) is 8.62. The number of hydrogen-bond acceptors (Lipinski definition) is 3. The van der Waals surface area contributed by atoms with E-state index in [0.29, 0.717) is 0 Å². The minimum atomic E-state index is -4.06. The van der Waals surface area contributed by atoms with E-state index in [-0.39, 0.29) is 11.6 Å². The van der Waals surface area contributed by atoms with Crippen LogP contribution in [0.3, 0.4) is 0 Å². The molecule has 1 saturated carbocycles. The highest BCUT2D eigenvalue weighted by Gasteiger charge is 2.25. The number of benzene rings is 1. The maximum atomic E-state index is 13.5. The molecule has 1 amide bonds. The highest BCUT2D eigenvalue weighted by molar-refractivity contribution is 8.13. The quantitative estimate of drug-likeness (QED) is 0.805. The van der Waals surface area contributed by atoms with Crippen molar-refractivity contribution in [2.45, 2.75) is 36.6 Å². The van der Waals surface area contributed by atoms with Gasteiger partial charge < -0.3 is 4.90 Å². The molecule has 0 radical (unpaired) electrons. The third-order valence-electron chi connectivity index (χ3n) is 3.59. The average molecular weight is 320 g/mol. The van der Waals surface area contributed by atoms with E-state index in [2.05, 4.69) is 0 Å². The lowest BCUT2D eigenvalue weighted by molar-refractivity contribution is 0.0734. The van der Waals surface area contributed by atoms with Crippen LogP contribution in [0.4, 0.5) is 4.39 Å². The normalized spacial score (nSPS) is 16.4. The van der Waals surface area contributed by atoms with Crippen molar-refractivity contribution < 1.29 is 17.6 Å². The molecule has 4 nitrogen and oxygen atoms in total. The van der Waals surface area contributed by atoms with Gasteiger partial charge in [-0.1, -0.05) is 12.8 Å². The van der Waals surface area contributed by atoms with Crippen molar-refractivity contribution in [2.75, 3.05) is 7.05 Å². The Morgan fingerprint density at radius 3 is 2.45 bits per heavy atom. The lowest BCUT2D eigenvalue weighted by Crippen LogP contribution is -2.35. The standard InChI is InChI=1S/C13H15ClFNO3S/c1-16(11-4-2-3-5-11)13(17)9-6-10(15)8-12(7-9)20(14,18)19/h6-8,11H,2-5H2,1H3. The topological polar surface area (TPSA) is 54.5 Å². The molecule has 0 aromatic heterocycles. The molecule has 1 aromatic rings. The Balaban J connectivity index is 2.32. The van der Waals surface area contributed by atoms with E-state index in [1.807, 2.05) is 0 Å². The van der Waals surface area contributed by atoms with Crippen molar-refractivity contribution in [3.05, 3.63) is 29.6 Å². The molecule has 1 aromatic carbocycles. The summed E-state index contributed by atoms with van der Waals surface area (Å²) in [6, 6.07) is 3.06. The Bertz CT molecular complexity index is 627. The maximum absolute atomic E-state index is 13.5. The average Bonchev–Trinajstić information content (AvgIpc) is 2.89. The van der Waals surface area contributed by atoms with Crippen LogP contribution in [0.2, 0.25) is 0 Å². The van der Waals surface area contributed by atoms with Crippen LogP contribution in [-0.4, -0.2) is 32.3 Å². The zero-order chi connectivity index (χ0) is 14.9. The van der Waals surface area contributed by atoms with E-state index in [0.717, 1.165) is 43.9 Å². The van der Waals surface area contributed by atoms with Crippen molar-refractivity contribution in [3.63, 3.8) is 0 Å². The minimum Gasteiger partial charge on any atom is -0.339 e. The second-order valence-electron chi connectivity index (χ2n) is 4.97. The van der Waals surface area contributed by atoms with Crippen LogP contribution in [0.1, 0.15) is 36.0 Å². The fourth-order valence-corrected chi connectivity index (χ4v) is 3.28. The summed E-state index contributed by atoms with van der Waals surface area (Å²) >= 11 is 0. The molecule has 7 heteroatoms. The Morgan fingerprint density at radius 2 is 1.90 bits per heavy atom. The third kappa shape index (κ3) is 3.30. The van der Waals surface area contributed by atoms with Crippen LogP contribution in [0.5, 0.6) is 0 Å². The summed E-state index contributed by atoms with van der Waals surface area (Å²) in [7, 11) is 2.78. The van der Waals surface area contributed by atoms with Crippen molar-refractivity contribution in [2.24, 2.45) is 0 Å². The Morgan fingerprint density at radius 1 is 1.30 bits per heavy atom. The van der Waals surface area contributed by atoms with Gasteiger partial charge in [0.25, 0.3) is 15.0 Å². The summed E-state index contributed by atoms with van der Waals surface area (Å²) in [6.07, 6.45) is 3.95. The summed E-state index contributed by atoms with van der Waals surface area (Å²) in [6.45, 7) is 0. The fraction of sp³-hybridized carbons (Fsp3) is 0.462. The summed E-state index contributed by atoms with van der Waals surface area (Å²) in [5, 5.41) is 0. The van der Waals surface area contributed by atoms with Crippen molar-refractivity contribution in [1.82, 2.24) is 4.90 Å². The monoisotopic (exact) mass is 319 g/mol. The molecule has 0 N–H and O–H groups in total. The molecule has 0 atom stereocenters. The number of hydrogen-bond donors (Lipinski definition) is 0. The number of amides is 1. The van der Waals surface area contributed by atoms with Crippen LogP contribution >= 0.6 is 10.7 Å². The molecule has 1 aliphatic rings. The molecule has 1 fully saturated rings. The Labute approximate surface area is 121 Å². The minimum absolute atomic E-state index is 0.00127. The molecule has 110 valence electrons. The Hall–Kier alpha value is -1.14. The van der Waals surface area contributed by atoms with Gasteiger partial charge in [0, 0.05) is 29.3 Å². The van der Waals surface area contributed by atoms with Crippen LogP contribution in [0.15, 0.2) is 23.1 Å². The Kier molecular flexibility index (Phi) is 4.34. The largest absolute Gasteiger partial charge is 0.339 e. The van der Waals surface area contributed by atoms with Crippen LogP contribution in [-0.2, 0) is 9.05 Å². The van der Waals surface area contributed by atoms with E-state index in [1.54, 1.807) is 11.9 Å². The van der Waals surface area contributed by atoms with Crippen LogP contribution in [0, 0.1) is 5.82 Å². The lowest BCUT2D eigenvalue weighted by atomic mass is 10.1. The number of nitrogens with zero attached hydrogens (tertiary/aromatic N) is 1.